The maximum absolute atomic E-state index is 11.6. The minimum absolute atomic E-state index is 0.256. The second kappa shape index (κ2) is 8.84. The van der Waals surface area contributed by atoms with Crippen molar-refractivity contribution in [3.63, 3.8) is 0 Å². The first-order chi connectivity index (χ1) is 10.0. The van der Waals surface area contributed by atoms with Crippen molar-refractivity contribution in [2.45, 2.75) is 26.3 Å². The summed E-state index contributed by atoms with van der Waals surface area (Å²) in [4.78, 5) is 22.2. The van der Waals surface area contributed by atoms with E-state index in [-0.39, 0.29) is 11.9 Å². The van der Waals surface area contributed by atoms with Crippen molar-refractivity contribution in [3.05, 3.63) is 29.8 Å². The summed E-state index contributed by atoms with van der Waals surface area (Å²) in [5.74, 6) is -0.413. The van der Waals surface area contributed by atoms with Crippen LogP contribution in [-0.2, 0) is 11.3 Å². The van der Waals surface area contributed by atoms with Gasteiger partial charge in [-0.3, -0.25) is 4.79 Å². The van der Waals surface area contributed by atoms with E-state index < -0.39 is 5.97 Å². The van der Waals surface area contributed by atoms with Crippen LogP contribution in [-0.4, -0.2) is 30.8 Å². The molecule has 0 heterocycles. The smallest absolute Gasteiger partial charge is 0.315 e. The topological polar surface area (TPSA) is 87.7 Å². The minimum atomic E-state index is -0.807. The summed E-state index contributed by atoms with van der Waals surface area (Å²) < 4.78 is 5.05. The zero-order valence-electron chi connectivity index (χ0n) is 12.4. The van der Waals surface area contributed by atoms with Gasteiger partial charge in [0.15, 0.2) is 0 Å². The SMILES string of the molecule is COc1ccc(CNC(=O)NCCCC(C)C(=O)O)cc1. The molecule has 1 rings (SSSR count). The molecule has 0 aliphatic rings. The fraction of sp³-hybridized carbons (Fsp3) is 0.467. The van der Waals surface area contributed by atoms with E-state index in [2.05, 4.69) is 10.6 Å². The highest BCUT2D eigenvalue weighted by atomic mass is 16.5. The van der Waals surface area contributed by atoms with E-state index in [9.17, 15) is 9.59 Å². The Hall–Kier alpha value is -2.24. The largest absolute Gasteiger partial charge is 0.497 e. The van der Waals surface area contributed by atoms with Crippen molar-refractivity contribution < 1.29 is 19.4 Å². The molecule has 0 aliphatic carbocycles. The van der Waals surface area contributed by atoms with Crippen molar-refractivity contribution in [1.82, 2.24) is 10.6 Å². The summed E-state index contributed by atoms with van der Waals surface area (Å²) in [6.07, 6.45) is 1.19. The molecule has 1 unspecified atom stereocenters. The van der Waals surface area contributed by atoms with Crippen LogP contribution in [0.25, 0.3) is 0 Å². The van der Waals surface area contributed by atoms with Gasteiger partial charge in [-0.05, 0) is 30.5 Å². The molecule has 1 aromatic carbocycles. The number of benzene rings is 1. The maximum atomic E-state index is 11.6. The Balaban J connectivity index is 2.17. The number of carbonyl (C=O) groups is 2. The molecule has 1 atom stereocenters. The molecule has 3 N–H and O–H groups in total. The molecule has 0 aromatic heterocycles. The number of aliphatic carboxylic acids is 1. The van der Waals surface area contributed by atoms with Crippen LogP contribution in [0.1, 0.15) is 25.3 Å². The molecule has 0 saturated carbocycles. The van der Waals surface area contributed by atoms with Gasteiger partial charge >= 0.3 is 12.0 Å². The summed E-state index contributed by atoms with van der Waals surface area (Å²) in [6, 6.07) is 7.18. The normalized spacial score (nSPS) is 11.5. The summed E-state index contributed by atoms with van der Waals surface area (Å²) in [7, 11) is 1.60. The van der Waals surface area contributed by atoms with Crippen molar-refractivity contribution in [2.75, 3.05) is 13.7 Å². The highest BCUT2D eigenvalue weighted by molar-refractivity contribution is 5.73. The third-order valence-electron chi connectivity index (χ3n) is 3.13. The predicted molar refractivity (Wildman–Crippen MR) is 79.3 cm³/mol. The van der Waals surface area contributed by atoms with E-state index >= 15 is 0 Å². The molecule has 0 aliphatic heterocycles. The van der Waals surface area contributed by atoms with Crippen LogP contribution in [0.15, 0.2) is 24.3 Å². The van der Waals surface area contributed by atoms with Crippen LogP contribution < -0.4 is 15.4 Å². The molecule has 21 heavy (non-hydrogen) atoms. The van der Waals surface area contributed by atoms with Crippen LogP contribution in [0.4, 0.5) is 4.79 Å². The Labute approximate surface area is 124 Å². The first-order valence-electron chi connectivity index (χ1n) is 6.90. The highest BCUT2D eigenvalue weighted by Gasteiger charge is 2.09. The Morgan fingerprint density at radius 2 is 1.90 bits per heavy atom. The molecular formula is C15H22N2O4. The molecule has 6 nitrogen and oxygen atoms in total. The predicted octanol–water partition coefficient (Wildman–Crippen LogP) is 2.00. The van der Waals surface area contributed by atoms with Gasteiger partial charge in [0.25, 0.3) is 0 Å². The Bertz CT molecular complexity index is 459. The van der Waals surface area contributed by atoms with E-state index in [0.29, 0.717) is 25.9 Å². The van der Waals surface area contributed by atoms with Gasteiger partial charge in [-0.1, -0.05) is 19.1 Å². The first-order valence-corrected chi connectivity index (χ1v) is 6.90. The second-order valence-corrected chi connectivity index (χ2v) is 4.84. The lowest BCUT2D eigenvalue weighted by atomic mass is 10.1. The Morgan fingerprint density at radius 1 is 1.24 bits per heavy atom. The molecular weight excluding hydrogens is 272 g/mol. The highest BCUT2D eigenvalue weighted by Crippen LogP contribution is 2.10. The average molecular weight is 294 g/mol. The van der Waals surface area contributed by atoms with E-state index in [0.717, 1.165) is 11.3 Å². The van der Waals surface area contributed by atoms with Gasteiger partial charge in [0.05, 0.1) is 13.0 Å². The molecule has 0 radical (unpaired) electrons. The number of urea groups is 1. The zero-order chi connectivity index (χ0) is 15.7. The number of carboxylic acid groups (broad SMARTS) is 1. The number of rotatable bonds is 8. The van der Waals surface area contributed by atoms with Gasteiger partial charge in [-0.2, -0.15) is 0 Å². The van der Waals surface area contributed by atoms with Crippen LogP contribution in [0.2, 0.25) is 0 Å². The van der Waals surface area contributed by atoms with Crippen LogP contribution >= 0.6 is 0 Å². The van der Waals surface area contributed by atoms with Gasteiger partial charge in [-0.15, -0.1) is 0 Å². The van der Waals surface area contributed by atoms with Gasteiger partial charge < -0.3 is 20.5 Å². The molecule has 6 heteroatoms. The third-order valence-corrected chi connectivity index (χ3v) is 3.13. The summed E-state index contributed by atoms with van der Waals surface area (Å²) in [5.41, 5.74) is 0.977. The van der Waals surface area contributed by atoms with E-state index in [1.165, 1.54) is 0 Å². The van der Waals surface area contributed by atoms with Crippen LogP contribution in [0.5, 0.6) is 5.75 Å². The van der Waals surface area contributed by atoms with E-state index in [4.69, 9.17) is 9.84 Å². The van der Waals surface area contributed by atoms with E-state index in [1.807, 2.05) is 24.3 Å². The Morgan fingerprint density at radius 3 is 2.48 bits per heavy atom. The number of hydrogen-bond acceptors (Lipinski definition) is 3. The number of methoxy groups -OCH3 is 1. The van der Waals surface area contributed by atoms with Crippen LogP contribution in [0.3, 0.4) is 0 Å². The monoisotopic (exact) mass is 294 g/mol. The third kappa shape index (κ3) is 6.65. The van der Waals surface area contributed by atoms with Crippen molar-refractivity contribution >= 4 is 12.0 Å². The lowest BCUT2D eigenvalue weighted by molar-refractivity contribution is -0.141. The number of amides is 2. The molecule has 0 spiro atoms. The molecule has 0 bridgehead atoms. The van der Waals surface area contributed by atoms with Gasteiger partial charge in [0.1, 0.15) is 5.75 Å². The lowest BCUT2D eigenvalue weighted by Gasteiger charge is -2.09. The van der Waals surface area contributed by atoms with Gasteiger partial charge in [-0.25, -0.2) is 4.79 Å². The standard InChI is InChI=1S/C15H22N2O4/c1-11(14(18)19)4-3-9-16-15(20)17-10-12-5-7-13(21-2)8-6-12/h5-8,11H,3-4,9-10H2,1-2H3,(H,18,19)(H2,16,17,20). The number of ether oxygens (including phenoxy) is 1. The fourth-order valence-electron chi connectivity index (χ4n) is 1.72. The fourth-order valence-corrected chi connectivity index (χ4v) is 1.72. The maximum Gasteiger partial charge on any atom is 0.315 e. The minimum Gasteiger partial charge on any atom is -0.497 e. The van der Waals surface area contributed by atoms with Crippen molar-refractivity contribution in [2.24, 2.45) is 5.92 Å². The van der Waals surface area contributed by atoms with Crippen molar-refractivity contribution in [1.29, 1.82) is 0 Å². The zero-order valence-corrected chi connectivity index (χ0v) is 12.4. The number of nitrogens with one attached hydrogen (secondary N) is 2. The second-order valence-electron chi connectivity index (χ2n) is 4.84. The number of carboxylic acids is 1. The summed E-state index contributed by atoms with van der Waals surface area (Å²) >= 11 is 0. The molecule has 2 amide bonds. The Kier molecular flexibility index (Phi) is 7.08. The van der Waals surface area contributed by atoms with Gasteiger partial charge in [0, 0.05) is 13.1 Å². The lowest BCUT2D eigenvalue weighted by Crippen LogP contribution is -2.35. The number of carbonyl (C=O) groups excluding carboxylic acids is 1. The average Bonchev–Trinajstić information content (AvgIpc) is 2.49. The van der Waals surface area contributed by atoms with E-state index in [1.54, 1.807) is 14.0 Å². The molecule has 1 aromatic rings. The van der Waals surface area contributed by atoms with Crippen LogP contribution in [0, 0.1) is 5.92 Å². The van der Waals surface area contributed by atoms with Gasteiger partial charge in [0.2, 0.25) is 0 Å². The van der Waals surface area contributed by atoms with Crippen molar-refractivity contribution in [3.8, 4) is 5.75 Å². The summed E-state index contributed by atoms with van der Waals surface area (Å²) in [6.45, 7) is 2.56. The molecule has 0 saturated heterocycles. The molecule has 0 fully saturated rings. The quantitative estimate of drug-likeness (QED) is 0.640. The summed E-state index contributed by atoms with van der Waals surface area (Å²) in [5, 5.41) is 14.2. The molecule has 116 valence electrons. The number of hydrogen-bond donors (Lipinski definition) is 3. The first kappa shape index (κ1) is 16.8.